The zero-order valence-corrected chi connectivity index (χ0v) is 10.8. The molecule has 1 aliphatic rings. The summed E-state index contributed by atoms with van der Waals surface area (Å²) in [5.74, 6) is 1.72. The minimum absolute atomic E-state index is 0.0707. The predicted octanol–water partition coefficient (Wildman–Crippen LogP) is 2.22. The number of nitrogens with one attached hydrogen (secondary N) is 1. The van der Waals surface area contributed by atoms with Crippen LogP contribution in [0.4, 0.5) is 0 Å². The fourth-order valence-electron chi connectivity index (χ4n) is 1.33. The molecule has 4 heteroatoms. The van der Waals surface area contributed by atoms with Crippen LogP contribution in [0, 0.1) is 0 Å². The van der Waals surface area contributed by atoms with Gasteiger partial charge in [-0.2, -0.15) is 0 Å². The number of hydrogen-bond acceptors (Lipinski definition) is 3. The van der Waals surface area contributed by atoms with E-state index in [1.165, 1.54) is 0 Å². The summed E-state index contributed by atoms with van der Waals surface area (Å²) in [6.45, 7) is 8.57. The zero-order chi connectivity index (χ0) is 11.5. The van der Waals surface area contributed by atoms with E-state index < -0.39 is 0 Å². The van der Waals surface area contributed by atoms with E-state index in [4.69, 9.17) is 0 Å². The number of rotatable bonds is 4. The number of nitrogens with zero attached hydrogens (tertiary/aromatic N) is 1. The maximum absolute atomic E-state index is 11.5. The van der Waals surface area contributed by atoms with Crippen molar-refractivity contribution >= 4 is 23.5 Å². The number of aliphatic imine (C=N–C) groups is 1. The van der Waals surface area contributed by atoms with Gasteiger partial charge in [-0.1, -0.05) is 34.1 Å². The number of amides is 1. The molecule has 1 atom stereocenters. The highest BCUT2D eigenvalue weighted by Crippen LogP contribution is 2.23. The molecule has 1 unspecified atom stereocenters. The summed E-state index contributed by atoms with van der Waals surface area (Å²) in [4.78, 5) is 15.9. The molecule has 3 nitrogen and oxygen atoms in total. The Morgan fingerprint density at radius 3 is 2.67 bits per heavy atom. The van der Waals surface area contributed by atoms with Crippen LogP contribution >= 0.6 is 11.8 Å². The fourth-order valence-corrected chi connectivity index (χ4v) is 2.05. The standard InChI is InChI=1S/C11H20N2OS/c1-5-6-8-10(14)13-9(12-8)7-15-11(2,3)4/h8H,5-7H2,1-4H3,(H,12,13,14). The molecule has 0 aromatic rings. The monoisotopic (exact) mass is 228 g/mol. The van der Waals surface area contributed by atoms with Crippen molar-refractivity contribution in [3.63, 3.8) is 0 Å². The smallest absolute Gasteiger partial charge is 0.250 e. The van der Waals surface area contributed by atoms with Gasteiger partial charge in [0.1, 0.15) is 11.9 Å². The highest BCUT2D eigenvalue weighted by molar-refractivity contribution is 8.01. The van der Waals surface area contributed by atoms with Crippen molar-refractivity contribution in [1.29, 1.82) is 0 Å². The zero-order valence-electron chi connectivity index (χ0n) is 9.96. The molecule has 0 saturated heterocycles. The van der Waals surface area contributed by atoms with Gasteiger partial charge in [-0.05, 0) is 6.42 Å². The van der Waals surface area contributed by atoms with E-state index in [1.807, 2.05) is 11.8 Å². The van der Waals surface area contributed by atoms with Crippen LogP contribution < -0.4 is 5.32 Å². The Morgan fingerprint density at radius 2 is 2.13 bits per heavy atom. The largest absolute Gasteiger partial charge is 0.312 e. The van der Waals surface area contributed by atoms with Crippen LogP contribution in [-0.4, -0.2) is 28.3 Å². The molecule has 0 fully saturated rings. The number of carbonyl (C=O) groups excluding carboxylic acids is 1. The molecule has 1 amide bonds. The van der Waals surface area contributed by atoms with Gasteiger partial charge < -0.3 is 5.32 Å². The predicted molar refractivity (Wildman–Crippen MR) is 66.5 cm³/mol. The molecule has 0 aromatic carbocycles. The van der Waals surface area contributed by atoms with Gasteiger partial charge in [-0.25, -0.2) is 0 Å². The van der Waals surface area contributed by atoms with E-state index in [0.29, 0.717) is 0 Å². The number of amidine groups is 1. The Balaban J connectivity index is 2.44. The number of thioether (sulfide) groups is 1. The summed E-state index contributed by atoms with van der Waals surface area (Å²) >= 11 is 1.81. The van der Waals surface area contributed by atoms with Gasteiger partial charge in [-0.15, -0.1) is 11.8 Å². The average molecular weight is 228 g/mol. The van der Waals surface area contributed by atoms with Crippen molar-refractivity contribution in [1.82, 2.24) is 5.32 Å². The van der Waals surface area contributed by atoms with Gasteiger partial charge >= 0.3 is 0 Å². The molecule has 1 aliphatic heterocycles. The topological polar surface area (TPSA) is 41.5 Å². The molecule has 15 heavy (non-hydrogen) atoms. The first-order valence-electron chi connectivity index (χ1n) is 5.44. The van der Waals surface area contributed by atoms with Gasteiger partial charge in [-0.3, -0.25) is 9.79 Å². The van der Waals surface area contributed by atoms with Crippen molar-refractivity contribution in [2.75, 3.05) is 5.75 Å². The molecule has 0 aliphatic carbocycles. The third-order valence-electron chi connectivity index (χ3n) is 2.09. The highest BCUT2D eigenvalue weighted by Gasteiger charge is 2.25. The van der Waals surface area contributed by atoms with E-state index in [1.54, 1.807) is 0 Å². The van der Waals surface area contributed by atoms with Crippen LogP contribution in [0.2, 0.25) is 0 Å². The molecule has 1 heterocycles. The van der Waals surface area contributed by atoms with Crippen molar-refractivity contribution in [2.24, 2.45) is 4.99 Å². The number of carbonyl (C=O) groups is 1. The van der Waals surface area contributed by atoms with Crippen LogP contribution in [-0.2, 0) is 4.79 Å². The Hall–Kier alpha value is -0.510. The summed E-state index contributed by atoms with van der Waals surface area (Å²) < 4.78 is 0.218. The minimum atomic E-state index is -0.134. The third kappa shape index (κ3) is 4.24. The summed E-state index contributed by atoms with van der Waals surface area (Å²) in [7, 11) is 0. The maximum atomic E-state index is 11.5. The van der Waals surface area contributed by atoms with E-state index in [-0.39, 0.29) is 16.7 Å². The SMILES string of the molecule is CCCC1N=C(CSC(C)(C)C)NC1=O. The molecule has 86 valence electrons. The third-order valence-corrected chi connectivity index (χ3v) is 3.37. The minimum Gasteiger partial charge on any atom is -0.312 e. The van der Waals surface area contributed by atoms with Crippen molar-refractivity contribution in [2.45, 2.75) is 51.3 Å². The summed E-state index contributed by atoms with van der Waals surface area (Å²) in [6, 6.07) is -0.134. The average Bonchev–Trinajstić information content (AvgIpc) is 2.44. The van der Waals surface area contributed by atoms with Gasteiger partial charge in [0.25, 0.3) is 0 Å². The van der Waals surface area contributed by atoms with E-state index in [0.717, 1.165) is 24.4 Å². The van der Waals surface area contributed by atoms with Crippen molar-refractivity contribution in [3.05, 3.63) is 0 Å². The second kappa shape index (κ2) is 5.01. The second-order valence-corrected chi connectivity index (χ2v) is 6.57. The quantitative estimate of drug-likeness (QED) is 0.801. The van der Waals surface area contributed by atoms with E-state index in [9.17, 15) is 4.79 Å². The number of hydrogen-bond donors (Lipinski definition) is 1. The molecule has 0 aromatic heterocycles. The molecule has 1 N–H and O–H groups in total. The fraction of sp³-hybridized carbons (Fsp3) is 0.818. The first-order valence-corrected chi connectivity index (χ1v) is 6.42. The lowest BCUT2D eigenvalue weighted by molar-refractivity contribution is -0.120. The van der Waals surface area contributed by atoms with Crippen LogP contribution in [0.3, 0.4) is 0 Å². The van der Waals surface area contributed by atoms with Crippen LogP contribution in [0.25, 0.3) is 0 Å². The lowest BCUT2D eigenvalue weighted by Crippen LogP contribution is -2.30. The van der Waals surface area contributed by atoms with E-state index in [2.05, 4.69) is 38.0 Å². The lowest BCUT2D eigenvalue weighted by atomic mass is 10.2. The van der Waals surface area contributed by atoms with Gasteiger partial charge in [0.05, 0.1) is 5.75 Å². The Morgan fingerprint density at radius 1 is 1.47 bits per heavy atom. The highest BCUT2D eigenvalue weighted by atomic mass is 32.2. The van der Waals surface area contributed by atoms with Crippen molar-refractivity contribution < 1.29 is 4.79 Å². The Labute approximate surface area is 96.1 Å². The summed E-state index contributed by atoms with van der Waals surface area (Å²) in [6.07, 6.45) is 1.86. The summed E-state index contributed by atoms with van der Waals surface area (Å²) in [5, 5.41) is 2.85. The molecule has 1 rings (SSSR count). The van der Waals surface area contributed by atoms with E-state index >= 15 is 0 Å². The van der Waals surface area contributed by atoms with Crippen LogP contribution in [0.1, 0.15) is 40.5 Å². The van der Waals surface area contributed by atoms with Gasteiger partial charge in [0, 0.05) is 4.75 Å². The molecular weight excluding hydrogens is 208 g/mol. The first kappa shape index (κ1) is 12.6. The molecular formula is C11H20N2OS. The Kier molecular flexibility index (Phi) is 4.20. The lowest BCUT2D eigenvalue weighted by Gasteiger charge is -2.16. The maximum Gasteiger partial charge on any atom is 0.250 e. The second-order valence-electron chi connectivity index (χ2n) is 4.77. The van der Waals surface area contributed by atoms with Crippen LogP contribution in [0.5, 0.6) is 0 Å². The van der Waals surface area contributed by atoms with Gasteiger partial charge in [0.15, 0.2) is 0 Å². The van der Waals surface area contributed by atoms with Crippen LogP contribution in [0.15, 0.2) is 4.99 Å². The Bertz CT molecular complexity index is 268. The summed E-state index contributed by atoms with van der Waals surface area (Å²) in [5.41, 5.74) is 0. The van der Waals surface area contributed by atoms with Gasteiger partial charge in [0.2, 0.25) is 5.91 Å². The molecule has 0 spiro atoms. The molecule has 0 bridgehead atoms. The normalized spacial score (nSPS) is 21.5. The van der Waals surface area contributed by atoms with Crippen molar-refractivity contribution in [3.8, 4) is 0 Å². The first-order chi connectivity index (χ1) is 6.92. The molecule has 0 radical (unpaired) electrons. The molecule has 0 saturated carbocycles.